The van der Waals surface area contributed by atoms with Gasteiger partial charge in [0.2, 0.25) is 0 Å². The summed E-state index contributed by atoms with van der Waals surface area (Å²) >= 11 is 0. The summed E-state index contributed by atoms with van der Waals surface area (Å²) in [5.41, 5.74) is 0. The molecule has 0 aromatic heterocycles. The molecule has 0 saturated heterocycles. The molecule has 0 amide bonds. The Kier molecular flexibility index (Phi) is 3.43. The van der Waals surface area contributed by atoms with Crippen LogP contribution in [0.5, 0.6) is 0 Å². The van der Waals surface area contributed by atoms with Gasteiger partial charge in [0.1, 0.15) is 0 Å². The van der Waals surface area contributed by atoms with E-state index in [0.717, 1.165) is 6.08 Å². The van der Waals surface area contributed by atoms with Gasteiger partial charge in [0.05, 0.1) is 13.2 Å². The molecule has 1 aliphatic rings. The SMILES string of the molecule is COC(=O)/C=C/NC1CCCC1(F)F. The average molecular weight is 205 g/mol. The van der Waals surface area contributed by atoms with Gasteiger partial charge >= 0.3 is 5.97 Å². The molecule has 5 heteroatoms. The van der Waals surface area contributed by atoms with Crippen LogP contribution < -0.4 is 5.32 Å². The van der Waals surface area contributed by atoms with E-state index in [2.05, 4.69) is 10.1 Å². The second-order valence-electron chi connectivity index (χ2n) is 3.23. The zero-order valence-corrected chi connectivity index (χ0v) is 7.93. The summed E-state index contributed by atoms with van der Waals surface area (Å²) in [7, 11) is 1.23. The van der Waals surface area contributed by atoms with Crippen molar-refractivity contribution in [2.45, 2.75) is 31.2 Å². The molecule has 1 unspecified atom stereocenters. The number of ether oxygens (including phenoxy) is 1. The number of halogens is 2. The predicted octanol–water partition coefficient (Wildman–Crippen LogP) is 1.45. The first-order chi connectivity index (χ1) is 6.56. The number of esters is 1. The van der Waals surface area contributed by atoms with Gasteiger partial charge < -0.3 is 10.1 Å². The summed E-state index contributed by atoms with van der Waals surface area (Å²) in [6, 6.07) is -0.858. The fourth-order valence-corrected chi connectivity index (χ4v) is 1.43. The maximum atomic E-state index is 13.0. The van der Waals surface area contributed by atoms with E-state index in [1.165, 1.54) is 13.3 Å². The minimum atomic E-state index is -2.67. The molecule has 0 spiro atoms. The van der Waals surface area contributed by atoms with Gasteiger partial charge in [-0.25, -0.2) is 13.6 Å². The summed E-state index contributed by atoms with van der Waals surface area (Å²) in [6.07, 6.45) is 3.16. The monoisotopic (exact) mass is 205 g/mol. The Hall–Kier alpha value is -1.13. The van der Waals surface area contributed by atoms with Crippen LogP contribution in [-0.4, -0.2) is 25.0 Å². The van der Waals surface area contributed by atoms with Gasteiger partial charge in [0.25, 0.3) is 5.92 Å². The lowest BCUT2D eigenvalue weighted by Gasteiger charge is -2.18. The number of methoxy groups -OCH3 is 1. The van der Waals surface area contributed by atoms with E-state index >= 15 is 0 Å². The zero-order valence-electron chi connectivity index (χ0n) is 7.93. The largest absolute Gasteiger partial charge is 0.466 e. The molecular weight excluding hydrogens is 192 g/mol. The lowest BCUT2D eigenvalue weighted by Crippen LogP contribution is -2.37. The van der Waals surface area contributed by atoms with Crippen LogP contribution in [0.4, 0.5) is 8.78 Å². The van der Waals surface area contributed by atoms with Crippen molar-refractivity contribution in [2.24, 2.45) is 0 Å². The van der Waals surface area contributed by atoms with Crippen LogP contribution in [0.1, 0.15) is 19.3 Å². The first-order valence-electron chi connectivity index (χ1n) is 4.44. The van der Waals surface area contributed by atoms with Crippen molar-refractivity contribution in [1.29, 1.82) is 0 Å². The molecule has 0 heterocycles. The van der Waals surface area contributed by atoms with E-state index in [0.29, 0.717) is 12.8 Å². The van der Waals surface area contributed by atoms with Gasteiger partial charge in [-0.15, -0.1) is 0 Å². The Balaban J connectivity index is 2.38. The number of nitrogens with one attached hydrogen (secondary N) is 1. The molecule has 1 atom stereocenters. The molecule has 0 bridgehead atoms. The highest BCUT2D eigenvalue weighted by molar-refractivity contribution is 5.81. The molecule has 1 saturated carbocycles. The van der Waals surface area contributed by atoms with E-state index in [1.807, 2.05) is 0 Å². The minimum absolute atomic E-state index is 0.0866. The second-order valence-corrected chi connectivity index (χ2v) is 3.23. The van der Waals surface area contributed by atoms with Gasteiger partial charge in [-0.05, 0) is 12.8 Å². The summed E-state index contributed by atoms with van der Waals surface area (Å²) < 4.78 is 30.3. The van der Waals surface area contributed by atoms with Crippen molar-refractivity contribution >= 4 is 5.97 Å². The van der Waals surface area contributed by atoms with Crippen LogP contribution in [-0.2, 0) is 9.53 Å². The maximum absolute atomic E-state index is 13.0. The molecule has 1 N–H and O–H groups in total. The highest BCUT2D eigenvalue weighted by atomic mass is 19.3. The van der Waals surface area contributed by atoms with Gasteiger partial charge in [-0.1, -0.05) is 0 Å². The number of hydrogen-bond acceptors (Lipinski definition) is 3. The van der Waals surface area contributed by atoms with Crippen LogP contribution >= 0.6 is 0 Å². The van der Waals surface area contributed by atoms with Gasteiger partial charge in [0.15, 0.2) is 0 Å². The van der Waals surface area contributed by atoms with E-state index in [-0.39, 0.29) is 6.42 Å². The molecule has 14 heavy (non-hydrogen) atoms. The van der Waals surface area contributed by atoms with Crippen molar-refractivity contribution in [3.05, 3.63) is 12.3 Å². The number of rotatable bonds is 3. The number of alkyl halides is 2. The molecule has 1 aliphatic carbocycles. The summed E-state index contributed by atoms with van der Waals surface area (Å²) in [5.74, 6) is -3.22. The molecule has 3 nitrogen and oxygen atoms in total. The second kappa shape index (κ2) is 4.39. The third kappa shape index (κ3) is 2.68. The van der Waals surface area contributed by atoms with Crippen LogP contribution in [0.25, 0.3) is 0 Å². The highest BCUT2D eigenvalue weighted by Gasteiger charge is 2.43. The van der Waals surface area contributed by atoms with Crippen LogP contribution in [0.15, 0.2) is 12.3 Å². The van der Waals surface area contributed by atoms with E-state index < -0.39 is 17.9 Å². The first kappa shape index (κ1) is 10.9. The smallest absolute Gasteiger partial charge is 0.331 e. The lowest BCUT2D eigenvalue weighted by molar-refractivity contribution is -0.134. The Morgan fingerprint density at radius 3 is 2.86 bits per heavy atom. The first-order valence-corrected chi connectivity index (χ1v) is 4.44. The van der Waals surface area contributed by atoms with Crippen LogP contribution in [0.2, 0.25) is 0 Å². The number of carbonyl (C=O) groups is 1. The van der Waals surface area contributed by atoms with E-state index in [9.17, 15) is 13.6 Å². The van der Waals surface area contributed by atoms with Gasteiger partial charge in [0, 0.05) is 18.7 Å². The molecule has 0 aromatic carbocycles. The van der Waals surface area contributed by atoms with E-state index in [1.54, 1.807) is 0 Å². The summed E-state index contributed by atoms with van der Waals surface area (Å²) in [5, 5.41) is 2.51. The van der Waals surface area contributed by atoms with Gasteiger partial charge in [-0.2, -0.15) is 0 Å². The number of carbonyl (C=O) groups excluding carboxylic acids is 1. The average Bonchev–Trinajstić information content (AvgIpc) is 2.45. The Morgan fingerprint density at radius 2 is 2.36 bits per heavy atom. The molecule has 0 aromatic rings. The van der Waals surface area contributed by atoms with Crippen molar-refractivity contribution in [2.75, 3.05) is 7.11 Å². The lowest BCUT2D eigenvalue weighted by atomic mass is 10.2. The van der Waals surface area contributed by atoms with Crippen molar-refractivity contribution in [3.63, 3.8) is 0 Å². The summed E-state index contributed by atoms with van der Waals surface area (Å²) in [4.78, 5) is 10.6. The highest BCUT2D eigenvalue weighted by Crippen LogP contribution is 2.34. The minimum Gasteiger partial charge on any atom is -0.466 e. The molecule has 80 valence electrons. The predicted molar refractivity (Wildman–Crippen MR) is 46.9 cm³/mol. The Labute approximate surface area is 81.1 Å². The van der Waals surface area contributed by atoms with Crippen LogP contribution in [0.3, 0.4) is 0 Å². The Morgan fingerprint density at radius 1 is 1.64 bits per heavy atom. The standard InChI is InChI=1S/C9H13F2NO2/c1-14-8(13)4-6-12-7-3-2-5-9(7,10)11/h4,6-7,12H,2-3,5H2,1H3/b6-4+. The third-order valence-electron chi connectivity index (χ3n) is 2.23. The van der Waals surface area contributed by atoms with Gasteiger partial charge in [-0.3, -0.25) is 0 Å². The molecular formula is C9H13F2NO2. The normalized spacial score (nSPS) is 25.2. The van der Waals surface area contributed by atoms with E-state index in [4.69, 9.17) is 0 Å². The quantitative estimate of drug-likeness (QED) is 0.559. The van der Waals surface area contributed by atoms with Crippen molar-refractivity contribution in [1.82, 2.24) is 5.32 Å². The Bertz CT molecular complexity index is 241. The molecule has 1 rings (SSSR count). The molecule has 1 fully saturated rings. The zero-order chi connectivity index (χ0) is 10.6. The molecule has 0 aliphatic heterocycles. The van der Waals surface area contributed by atoms with Crippen molar-refractivity contribution < 1.29 is 18.3 Å². The topological polar surface area (TPSA) is 38.3 Å². The fraction of sp³-hybridized carbons (Fsp3) is 0.667. The number of hydrogen-bond donors (Lipinski definition) is 1. The van der Waals surface area contributed by atoms with Crippen molar-refractivity contribution in [3.8, 4) is 0 Å². The maximum Gasteiger partial charge on any atom is 0.331 e. The third-order valence-corrected chi connectivity index (χ3v) is 2.23. The summed E-state index contributed by atoms with van der Waals surface area (Å²) in [6.45, 7) is 0. The fourth-order valence-electron chi connectivity index (χ4n) is 1.43. The van der Waals surface area contributed by atoms with Crippen LogP contribution in [0, 0.1) is 0 Å². The molecule has 0 radical (unpaired) electrons.